The van der Waals surface area contributed by atoms with Gasteiger partial charge in [-0.15, -0.1) is 24.0 Å². The van der Waals surface area contributed by atoms with Crippen LogP contribution in [0.25, 0.3) is 0 Å². The van der Waals surface area contributed by atoms with E-state index >= 15 is 0 Å². The van der Waals surface area contributed by atoms with Gasteiger partial charge in [0.15, 0.2) is 5.96 Å². The Morgan fingerprint density at radius 2 is 1.95 bits per heavy atom. The molecule has 1 saturated carbocycles. The Labute approximate surface area is 147 Å². The summed E-state index contributed by atoms with van der Waals surface area (Å²) in [6.07, 6.45) is 7.33. The van der Waals surface area contributed by atoms with Crippen molar-refractivity contribution >= 4 is 29.9 Å². The predicted molar refractivity (Wildman–Crippen MR) is 101 cm³/mol. The Hall–Kier alpha value is -0.0400. The largest absolute Gasteiger partial charge is 0.381 e. The Morgan fingerprint density at radius 1 is 1.24 bits per heavy atom. The van der Waals surface area contributed by atoms with Crippen LogP contribution < -0.4 is 11.1 Å². The number of hydrogen-bond acceptors (Lipinski definition) is 2. The van der Waals surface area contributed by atoms with Gasteiger partial charge in [-0.3, -0.25) is 4.99 Å². The fraction of sp³-hybridized carbons (Fsp3) is 0.938. The number of nitrogens with two attached hydrogens (primary N) is 1. The maximum Gasteiger partial charge on any atom is 0.188 e. The first-order valence-corrected chi connectivity index (χ1v) is 8.22. The lowest BCUT2D eigenvalue weighted by Crippen LogP contribution is -2.38. The molecular formula is C16H34IN3O. The Morgan fingerprint density at radius 3 is 2.57 bits per heavy atom. The minimum absolute atomic E-state index is 0. The Bertz CT molecular complexity index is 281. The summed E-state index contributed by atoms with van der Waals surface area (Å²) in [6, 6.07) is 0.406. The van der Waals surface area contributed by atoms with Crippen LogP contribution >= 0.6 is 24.0 Å². The summed E-state index contributed by atoms with van der Waals surface area (Å²) in [7, 11) is 0. The maximum atomic E-state index is 5.88. The molecule has 0 aromatic heterocycles. The normalized spacial score (nSPS) is 16.7. The quantitative estimate of drug-likeness (QED) is 0.237. The molecule has 0 spiro atoms. The van der Waals surface area contributed by atoms with Gasteiger partial charge in [-0.05, 0) is 44.4 Å². The number of rotatable bonds is 11. The van der Waals surface area contributed by atoms with Crippen LogP contribution in [-0.2, 0) is 4.74 Å². The summed E-state index contributed by atoms with van der Waals surface area (Å²) in [6.45, 7) is 9.18. The summed E-state index contributed by atoms with van der Waals surface area (Å²) in [5.41, 5.74) is 5.88. The van der Waals surface area contributed by atoms with Crippen molar-refractivity contribution in [1.29, 1.82) is 0 Å². The SMILES string of the molecule is CC(C)CCCC(C)NC(N)=NCCCOCC1CC1.I. The number of nitrogens with zero attached hydrogens (tertiary/aromatic N) is 1. The molecule has 1 rings (SSSR count). The molecule has 4 nitrogen and oxygen atoms in total. The van der Waals surface area contributed by atoms with E-state index in [9.17, 15) is 0 Å². The van der Waals surface area contributed by atoms with Crippen molar-refractivity contribution < 1.29 is 4.74 Å². The van der Waals surface area contributed by atoms with Crippen molar-refractivity contribution in [3.8, 4) is 0 Å². The highest BCUT2D eigenvalue weighted by Gasteiger charge is 2.20. The molecule has 1 aliphatic carbocycles. The van der Waals surface area contributed by atoms with Gasteiger partial charge in [-0.2, -0.15) is 0 Å². The summed E-state index contributed by atoms with van der Waals surface area (Å²) in [5, 5.41) is 3.26. The van der Waals surface area contributed by atoms with Crippen LogP contribution in [0, 0.1) is 11.8 Å². The minimum Gasteiger partial charge on any atom is -0.381 e. The molecule has 0 aromatic carbocycles. The topological polar surface area (TPSA) is 59.6 Å². The maximum absolute atomic E-state index is 5.88. The first-order valence-electron chi connectivity index (χ1n) is 8.22. The monoisotopic (exact) mass is 411 g/mol. The number of aliphatic imine (C=N–C) groups is 1. The fourth-order valence-electron chi connectivity index (χ4n) is 2.10. The molecular weight excluding hydrogens is 377 g/mol. The van der Waals surface area contributed by atoms with Gasteiger partial charge in [0.05, 0.1) is 0 Å². The van der Waals surface area contributed by atoms with Crippen molar-refractivity contribution in [2.75, 3.05) is 19.8 Å². The third kappa shape index (κ3) is 13.4. The van der Waals surface area contributed by atoms with Gasteiger partial charge in [0.2, 0.25) is 0 Å². The van der Waals surface area contributed by atoms with Crippen molar-refractivity contribution in [3.05, 3.63) is 0 Å². The highest BCUT2D eigenvalue weighted by atomic mass is 127. The first-order chi connectivity index (χ1) is 9.58. The van der Waals surface area contributed by atoms with Crippen molar-refractivity contribution in [3.63, 3.8) is 0 Å². The molecule has 21 heavy (non-hydrogen) atoms. The second-order valence-corrected chi connectivity index (χ2v) is 6.51. The van der Waals surface area contributed by atoms with E-state index in [4.69, 9.17) is 10.5 Å². The van der Waals surface area contributed by atoms with Gasteiger partial charge >= 0.3 is 0 Å². The van der Waals surface area contributed by atoms with Crippen molar-refractivity contribution in [1.82, 2.24) is 5.32 Å². The molecule has 0 amide bonds. The van der Waals surface area contributed by atoms with Crippen LogP contribution in [0.1, 0.15) is 59.3 Å². The van der Waals surface area contributed by atoms with Gasteiger partial charge in [0.25, 0.3) is 0 Å². The van der Waals surface area contributed by atoms with Crippen LogP contribution in [0.5, 0.6) is 0 Å². The van der Waals surface area contributed by atoms with Gasteiger partial charge in [0.1, 0.15) is 0 Å². The zero-order valence-corrected chi connectivity index (χ0v) is 16.3. The molecule has 1 fully saturated rings. The second kappa shape index (κ2) is 12.5. The van der Waals surface area contributed by atoms with Crippen molar-refractivity contribution in [2.24, 2.45) is 22.6 Å². The van der Waals surface area contributed by atoms with Crippen LogP contribution in [-0.4, -0.2) is 31.8 Å². The molecule has 126 valence electrons. The minimum atomic E-state index is 0. The molecule has 0 radical (unpaired) electrons. The summed E-state index contributed by atoms with van der Waals surface area (Å²) in [4.78, 5) is 4.34. The molecule has 1 unspecified atom stereocenters. The molecule has 0 bridgehead atoms. The third-order valence-electron chi connectivity index (χ3n) is 3.59. The van der Waals surface area contributed by atoms with Gasteiger partial charge < -0.3 is 15.8 Å². The average Bonchev–Trinajstić information content (AvgIpc) is 3.17. The van der Waals surface area contributed by atoms with Gasteiger partial charge in [0, 0.05) is 25.8 Å². The highest BCUT2D eigenvalue weighted by molar-refractivity contribution is 14.0. The van der Waals surface area contributed by atoms with E-state index < -0.39 is 0 Å². The van der Waals surface area contributed by atoms with Crippen molar-refractivity contribution in [2.45, 2.75) is 65.3 Å². The number of nitrogens with one attached hydrogen (secondary N) is 1. The molecule has 0 saturated heterocycles. The summed E-state index contributed by atoms with van der Waals surface area (Å²) < 4.78 is 5.57. The van der Waals surface area contributed by atoms with Crippen LogP contribution in [0.15, 0.2) is 4.99 Å². The zero-order valence-electron chi connectivity index (χ0n) is 13.9. The molecule has 0 heterocycles. The van der Waals surface area contributed by atoms with E-state index in [0.29, 0.717) is 12.0 Å². The lowest BCUT2D eigenvalue weighted by Gasteiger charge is -2.15. The predicted octanol–water partition coefficient (Wildman–Crippen LogP) is 3.54. The summed E-state index contributed by atoms with van der Waals surface area (Å²) >= 11 is 0. The average molecular weight is 411 g/mol. The molecule has 0 aromatic rings. The third-order valence-corrected chi connectivity index (χ3v) is 3.59. The zero-order chi connectivity index (χ0) is 14.8. The van der Waals surface area contributed by atoms with E-state index in [1.165, 1.54) is 25.7 Å². The fourth-order valence-corrected chi connectivity index (χ4v) is 2.10. The van der Waals surface area contributed by atoms with Crippen LogP contribution in [0.2, 0.25) is 0 Å². The lowest BCUT2D eigenvalue weighted by molar-refractivity contribution is 0.123. The second-order valence-electron chi connectivity index (χ2n) is 6.51. The van der Waals surface area contributed by atoms with E-state index in [1.54, 1.807) is 0 Å². The molecule has 1 aliphatic rings. The Kier molecular flexibility index (Phi) is 12.5. The number of guanidine groups is 1. The lowest BCUT2D eigenvalue weighted by atomic mass is 10.0. The Balaban J connectivity index is 0.00000400. The van der Waals surface area contributed by atoms with E-state index in [0.717, 1.165) is 44.4 Å². The van der Waals surface area contributed by atoms with E-state index in [-0.39, 0.29) is 24.0 Å². The molecule has 5 heteroatoms. The highest BCUT2D eigenvalue weighted by Crippen LogP contribution is 2.28. The number of ether oxygens (including phenoxy) is 1. The van der Waals surface area contributed by atoms with Gasteiger partial charge in [-0.25, -0.2) is 0 Å². The number of halogens is 1. The number of hydrogen-bond donors (Lipinski definition) is 2. The first kappa shape index (κ1) is 21.0. The van der Waals surface area contributed by atoms with Gasteiger partial charge in [-0.1, -0.05) is 26.7 Å². The molecule has 3 N–H and O–H groups in total. The summed E-state index contributed by atoms with van der Waals surface area (Å²) in [5.74, 6) is 2.20. The van der Waals surface area contributed by atoms with Crippen LogP contribution in [0.3, 0.4) is 0 Å². The van der Waals surface area contributed by atoms with E-state index in [2.05, 4.69) is 31.1 Å². The smallest absolute Gasteiger partial charge is 0.188 e. The van der Waals surface area contributed by atoms with Crippen LogP contribution in [0.4, 0.5) is 0 Å². The molecule has 0 aliphatic heterocycles. The molecule has 1 atom stereocenters. The van der Waals surface area contributed by atoms with E-state index in [1.807, 2.05) is 0 Å². The standard InChI is InChI=1S/C16H33N3O.HI/c1-13(2)6-4-7-14(3)19-16(17)18-10-5-11-20-12-15-8-9-15;/h13-15H,4-12H2,1-3H3,(H3,17,18,19);1H.